The molecule has 0 unspecified atom stereocenters. The molecule has 0 radical (unpaired) electrons. The Hall–Kier alpha value is -3.34. The number of carbonyl (C=O) groups is 1. The van der Waals surface area contributed by atoms with Crippen molar-refractivity contribution >= 4 is 23.1 Å². The van der Waals surface area contributed by atoms with Crippen molar-refractivity contribution in [2.75, 3.05) is 17.7 Å². The second-order valence-electron chi connectivity index (χ2n) is 5.50. The van der Waals surface area contributed by atoms with Gasteiger partial charge < -0.3 is 15.4 Å². The van der Waals surface area contributed by atoms with Crippen molar-refractivity contribution in [1.29, 1.82) is 0 Å². The van der Waals surface area contributed by atoms with Gasteiger partial charge in [-0.15, -0.1) is 0 Å². The number of hydrogen-bond donors (Lipinski definition) is 2. The molecule has 3 aromatic rings. The lowest BCUT2D eigenvalue weighted by Gasteiger charge is -2.09. The van der Waals surface area contributed by atoms with E-state index in [9.17, 15) is 4.79 Å². The van der Waals surface area contributed by atoms with Crippen LogP contribution in [-0.4, -0.2) is 18.0 Å². The number of pyridine rings is 1. The fourth-order valence-corrected chi connectivity index (χ4v) is 2.35. The third-order valence-electron chi connectivity index (χ3n) is 3.62. The van der Waals surface area contributed by atoms with Crippen molar-refractivity contribution in [2.45, 2.75) is 6.42 Å². The molecule has 1 heterocycles. The molecule has 5 heteroatoms. The van der Waals surface area contributed by atoms with Crippen LogP contribution < -0.4 is 15.4 Å². The zero-order valence-electron chi connectivity index (χ0n) is 13.9. The molecule has 1 aromatic heterocycles. The zero-order chi connectivity index (χ0) is 17.5. The standard InChI is InChI=1S/C20H19N3O2/c1-25-18-10-7-16(8-11-18)22-17-9-12-19(21-14-17)23-20(24)13-15-5-3-2-4-6-15/h2-12,14,22H,13H2,1H3,(H,21,23,24). The highest BCUT2D eigenvalue weighted by molar-refractivity contribution is 5.91. The number of benzene rings is 2. The highest BCUT2D eigenvalue weighted by Crippen LogP contribution is 2.20. The van der Waals surface area contributed by atoms with Crippen LogP contribution in [-0.2, 0) is 11.2 Å². The second kappa shape index (κ2) is 7.97. The van der Waals surface area contributed by atoms with Crippen LogP contribution in [0.1, 0.15) is 5.56 Å². The van der Waals surface area contributed by atoms with Gasteiger partial charge in [-0.3, -0.25) is 4.79 Å². The summed E-state index contributed by atoms with van der Waals surface area (Å²) in [6, 6.07) is 20.9. The summed E-state index contributed by atoms with van der Waals surface area (Å²) in [5, 5.41) is 6.05. The van der Waals surface area contributed by atoms with Gasteiger partial charge in [-0.25, -0.2) is 4.98 Å². The first-order valence-electron chi connectivity index (χ1n) is 7.94. The van der Waals surface area contributed by atoms with E-state index in [-0.39, 0.29) is 5.91 Å². The molecular formula is C20H19N3O2. The van der Waals surface area contributed by atoms with Gasteiger partial charge in [0.25, 0.3) is 0 Å². The van der Waals surface area contributed by atoms with Gasteiger partial charge in [0.2, 0.25) is 5.91 Å². The lowest BCUT2D eigenvalue weighted by molar-refractivity contribution is -0.115. The minimum atomic E-state index is -0.0884. The van der Waals surface area contributed by atoms with E-state index in [1.807, 2.05) is 60.7 Å². The maximum Gasteiger partial charge on any atom is 0.229 e. The maximum absolute atomic E-state index is 12.0. The van der Waals surface area contributed by atoms with E-state index in [0.29, 0.717) is 12.2 Å². The lowest BCUT2D eigenvalue weighted by Crippen LogP contribution is -2.15. The van der Waals surface area contributed by atoms with Gasteiger partial charge in [0.15, 0.2) is 0 Å². The molecule has 126 valence electrons. The third kappa shape index (κ3) is 4.81. The molecule has 0 saturated heterocycles. The quantitative estimate of drug-likeness (QED) is 0.715. The molecule has 0 fully saturated rings. The Kier molecular flexibility index (Phi) is 5.26. The Morgan fingerprint density at radius 3 is 2.32 bits per heavy atom. The summed E-state index contributed by atoms with van der Waals surface area (Å²) in [7, 11) is 1.64. The molecule has 2 N–H and O–H groups in total. The van der Waals surface area contributed by atoms with Crippen LogP contribution >= 0.6 is 0 Å². The predicted molar refractivity (Wildman–Crippen MR) is 99.3 cm³/mol. The molecule has 0 aliphatic rings. The van der Waals surface area contributed by atoms with E-state index in [1.54, 1.807) is 19.4 Å². The normalized spacial score (nSPS) is 10.1. The number of aromatic nitrogens is 1. The first-order chi connectivity index (χ1) is 12.2. The molecule has 1 amide bonds. The topological polar surface area (TPSA) is 63.2 Å². The predicted octanol–water partition coefficient (Wildman–Crippen LogP) is 4.02. The number of methoxy groups -OCH3 is 1. The molecule has 2 aromatic carbocycles. The van der Waals surface area contributed by atoms with Gasteiger partial charge in [-0.2, -0.15) is 0 Å². The van der Waals surface area contributed by atoms with Crippen LogP contribution in [0.3, 0.4) is 0 Å². The number of amides is 1. The van der Waals surface area contributed by atoms with Crippen LogP contribution in [0.25, 0.3) is 0 Å². The van der Waals surface area contributed by atoms with E-state index in [1.165, 1.54) is 0 Å². The third-order valence-corrected chi connectivity index (χ3v) is 3.62. The summed E-state index contributed by atoms with van der Waals surface area (Å²) in [5.74, 6) is 1.25. The molecule has 5 nitrogen and oxygen atoms in total. The Morgan fingerprint density at radius 1 is 0.960 bits per heavy atom. The summed E-state index contributed by atoms with van der Waals surface area (Å²) in [4.78, 5) is 16.3. The second-order valence-corrected chi connectivity index (χ2v) is 5.50. The van der Waals surface area contributed by atoms with E-state index in [4.69, 9.17) is 4.74 Å². The highest BCUT2D eigenvalue weighted by Gasteiger charge is 2.05. The summed E-state index contributed by atoms with van der Waals surface area (Å²) in [6.07, 6.45) is 2.01. The highest BCUT2D eigenvalue weighted by atomic mass is 16.5. The molecule has 0 atom stereocenters. The van der Waals surface area contributed by atoms with Crippen molar-refractivity contribution in [1.82, 2.24) is 4.98 Å². The molecule has 0 aliphatic heterocycles. The molecule has 25 heavy (non-hydrogen) atoms. The monoisotopic (exact) mass is 333 g/mol. The maximum atomic E-state index is 12.0. The van der Waals surface area contributed by atoms with Crippen molar-refractivity contribution in [3.8, 4) is 5.75 Å². The van der Waals surface area contributed by atoms with Gasteiger partial charge in [-0.1, -0.05) is 30.3 Å². The summed E-state index contributed by atoms with van der Waals surface area (Å²) >= 11 is 0. The number of nitrogens with one attached hydrogen (secondary N) is 2. The van der Waals surface area contributed by atoms with Gasteiger partial charge in [-0.05, 0) is 42.0 Å². The zero-order valence-corrected chi connectivity index (χ0v) is 13.9. The molecule has 0 saturated carbocycles. The molecule has 0 aliphatic carbocycles. The Bertz CT molecular complexity index is 816. The average Bonchev–Trinajstić information content (AvgIpc) is 2.65. The van der Waals surface area contributed by atoms with E-state index < -0.39 is 0 Å². The first kappa shape index (κ1) is 16.5. The Labute approximate surface area is 146 Å². The summed E-state index contributed by atoms with van der Waals surface area (Å²) in [5.41, 5.74) is 2.74. The first-order valence-corrected chi connectivity index (χ1v) is 7.94. The smallest absolute Gasteiger partial charge is 0.229 e. The number of anilines is 3. The minimum absolute atomic E-state index is 0.0884. The minimum Gasteiger partial charge on any atom is -0.497 e. The van der Waals surface area contributed by atoms with Gasteiger partial charge in [0, 0.05) is 5.69 Å². The van der Waals surface area contributed by atoms with Crippen LogP contribution in [0.4, 0.5) is 17.2 Å². The molecule has 3 rings (SSSR count). The van der Waals surface area contributed by atoms with Gasteiger partial charge >= 0.3 is 0 Å². The Balaban J connectivity index is 1.57. The fourth-order valence-electron chi connectivity index (χ4n) is 2.35. The average molecular weight is 333 g/mol. The van der Waals surface area contributed by atoms with E-state index >= 15 is 0 Å². The van der Waals surface area contributed by atoms with Gasteiger partial charge in [0.1, 0.15) is 11.6 Å². The number of carbonyl (C=O) groups excluding carboxylic acids is 1. The van der Waals surface area contributed by atoms with Crippen molar-refractivity contribution < 1.29 is 9.53 Å². The number of hydrogen-bond acceptors (Lipinski definition) is 4. The van der Waals surface area contributed by atoms with Crippen LogP contribution in [0, 0.1) is 0 Å². The Morgan fingerprint density at radius 2 is 1.68 bits per heavy atom. The van der Waals surface area contributed by atoms with E-state index in [2.05, 4.69) is 15.6 Å². The lowest BCUT2D eigenvalue weighted by atomic mass is 10.1. The SMILES string of the molecule is COc1ccc(Nc2ccc(NC(=O)Cc3ccccc3)nc2)cc1. The van der Waals surface area contributed by atoms with Crippen molar-refractivity contribution in [3.63, 3.8) is 0 Å². The number of nitrogens with zero attached hydrogens (tertiary/aromatic N) is 1. The number of rotatable bonds is 6. The summed E-state index contributed by atoms with van der Waals surface area (Å²) < 4.78 is 5.13. The van der Waals surface area contributed by atoms with Crippen LogP contribution in [0.2, 0.25) is 0 Å². The molecule has 0 spiro atoms. The van der Waals surface area contributed by atoms with Gasteiger partial charge in [0.05, 0.1) is 25.4 Å². The van der Waals surface area contributed by atoms with Crippen LogP contribution in [0.5, 0.6) is 5.75 Å². The molecule has 0 bridgehead atoms. The van der Waals surface area contributed by atoms with Crippen molar-refractivity contribution in [2.24, 2.45) is 0 Å². The van der Waals surface area contributed by atoms with Crippen molar-refractivity contribution in [3.05, 3.63) is 78.5 Å². The molecular weight excluding hydrogens is 314 g/mol. The number of ether oxygens (including phenoxy) is 1. The summed E-state index contributed by atoms with van der Waals surface area (Å²) in [6.45, 7) is 0. The van der Waals surface area contributed by atoms with E-state index in [0.717, 1.165) is 22.7 Å². The largest absolute Gasteiger partial charge is 0.497 e. The fraction of sp³-hybridized carbons (Fsp3) is 0.100. The van der Waals surface area contributed by atoms with Crippen LogP contribution in [0.15, 0.2) is 72.9 Å².